The van der Waals surface area contributed by atoms with Gasteiger partial charge >= 0.3 is 12.0 Å². The number of hydrogen-bond donors (Lipinski definition) is 3. The molecule has 98 valence electrons. The van der Waals surface area contributed by atoms with Crippen molar-refractivity contribution in [2.24, 2.45) is 5.92 Å². The van der Waals surface area contributed by atoms with Gasteiger partial charge in [-0.15, -0.1) is 0 Å². The van der Waals surface area contributed by atoms with Crippen molar-refractivity contribution in [1.82, 2.24) is 10.6 Å². The molecule has 5 nitrogen and oxygen atoms in total. The van der Waals surface area contributed by atoms with E-state index in [1.54, 1.807) is 6.92 Å². The predicted molar refractivity (Wildman–Crippen MR) is 68.2 cm³/mol. The van der Waals surface area contributed by atoms with E-state index in [4.69, 9.17) is 5.11 Å². The Kier molecular flexibility index (Phi) is 5.17. The van der Waals surface area contributed by atoms with Crippen LogP contribution >= 0.6 is 0 Å². The maximum atomic E-state index is 11.4. The van der Waals surface area contributed by atoms with Crippen LogP contribution < -0.4 is 10.6 Å². The number of carbonyl (C=O) groups is 2. The molecular weight excluding hydrogens is 232 g/mol. The highest BCUT2D eigenvalue weighted by atomic mass is 16.4. The summed E-state index contributed by atoms with van der Waals surface area (Å²) in [7, 11) is 0. The Morgan fingerprint density at radius 3 is 2.56 bits per heavy atom. The van der Waals surface area contributed by atoms with Gasteiger partial charge in [-0.3, -0.25) is 4.79 Å². The number of urea groups is 1. The standard InChI is InChI=1S/C13H18N2O3/c1-9-5-3-4-6-11(9)8-15-13(18)14-7-10(2)12(16)17/h3-6,10H,7-8H2,1-2H3,(H,16,17)(H2,14,15,18). The Hall–Kier alpha value is -2.04. The molecule has 1 atom stereocenters. The summed E-state index contributed by atoms with van der Waals surface area (Å²) in [5.74, 6) is -1.51. The minimum Gasteiger partial charge on any atom is -0.481 e. The average Bonchev–Trinajstić information content (AvgIpc) is 2.34. The fraction of sp³-hybridized carbons (Fsp3) is 0.385. The summed E-state index contributed by atoms with van der Waals surface area (Å²) in [4.78, 5) is 22.0. The van der Waals surface area contributed by atoms with Gasteiger partial charge in [0.05, 0.1) is 5.92 Å². The summed E-state index contributed by atoms with van der Waals surface area (Å²) in [6.07, 6.45) is 0. The third kappa shape index (κ3) is 4.45. The summed E-state index contributed by atoms with van der Waals surface area (Å²) in [5, 5.41) is 13.9. The van der Waals surface area contributed by atoms with Gasteiger partial charge in [-0.25, -0.2) is 4.79 Å². The van der Waals surface area contributed by atoms with Crippen molar-refractivity contribution in [2.75, 3.05) is 6.54 Å². The number of carbonyl (C=O) groups excluding carboxylic acids is 1. The lowest BCUT2D eigenvalue weighted by atomic mass is 10.1. The molecule has 0 heterocycles. The van der Waals surface area contributed by atoms with Gasteiger partial charge in [-0.05, 0) is 18.1 Å². The Labute approximate surface area is 106 Å². The van der Waals surface area contributed by atoms with E-state index in [0.717, 1.165) is 11.1 Å². The average molecular weight is 250 g/mol. The molecule has 1 unspecified atom stereocenters. The maximum absolute atomic E-state index is 11.4. The van der Waals surface area contributed by atoms with Crippen LogP contribution in [0.1, 0.15) is 18.1 Å². The largest absolute Gasteiger partial charge is 0.481 e. The van der Waals surface area contributed by atoms with Gasteiger partial charge in [-0.1, -0.05) is 31.2 Å². The number of benzene rings is 1. The van der Waals surface area contributed by atoms with Gasteiger partial charge < -0.3 is 15.7 Å². The summed E-state index contributed by atoms with van der Waals surface area (Å²) < 4.78 is 0. The highest BCUT2D eigenvalue weighted by molar-refractivity contribution is 5.75. The van der Waals surface area contributed by atoms with Crippen LogP contribution in [0.15, 0.2) is 24.3 Å². The molecule has 1 rings (SSSR count). The van der Waals surface area contributed by atoms with Crippen LogP contribution in [0.4, 0.5) is 4.79 Å². The van der Waals surface area contributed by atoms with Crippen LogP contribution in [-0.4, -0.2) is 23.7 Å². The molecule has 1 aromatic rings. The van der Waals surface area contributed by atoms with Gasteiger partial charge in [0.2, 0.25) is 0 Å². The molecule has 0 radical (unpaired) electrons. The first-order valence-electron chi connectivity index (χ1n) is 5.79. The van der Waals surface area contributed by atoms with Crippen molar-refractivity contribution < 1.29 is 14.7 Å². The number of hydrogen-bond acceptors (Lipinski definition) is 2. The highest BCUT2D eigenvalue weighted by Crippen LogP contribution is 2.05. The second kappa shape index (κ2) is 6.64. The molecule has 3 N–H and O–H groups in total. The number of aliphatic carboxylic acids is 1. The molecule has 0 fully saturated rings. The topological polar surface area (TPSA) is 78.4 Å². The summed E-state index contributed by atoms with van der Waals surface area (Å²) in [5.41, 5.74) is 2.15. The molecule has 18 heavy (non-hydrogen) atoms. The highest BCUT2D eigenvalue weighted by Gasteiger charge is 2.11. The molecule has 0 saturated heterocycles. The van der Waals surface area contributed by atoms with Crippen molar-refractivity contribution in [2.45, 2.75) is 20.4 Å². The van der Waals surface area contributed by atoms with Crippen LogP contribution in [0.5, 0.6) is 0 Å². The van der Waals surface area contributed by atoms with Gasteiger partial charge in [0, 0.05) is 13.1 Å². The zero-order valence-corrected chi connectivity index (χ0v) is 10.6. The van der Waals surface area contributed by atoms with E-state index < -0.39 is 11.9 Å². The van der Waals surface area contributed by atoms with E-state index in [1.807, 2.05) is 31.2 Å². The molecule has 0 spiro atoms. The number of amides is 2. The van der Waals surface area contributed by atoms with Crippen molar-refractivity contribution in [3.63, 3.8) is 0 Å². The van der Waals surface area contributed by atoms with Crippen LogP contribution in [0, 0.1) is 12.8 Å². The van der Waals surface area contributed by atoms with Gasteiger partial charge in [0.25, 0.3) is 0 Å². The predicted octanol–water partition coefficient (Wildman–Crippen LogP) is 1.51. The lowest BCUT2D eigenvalue weighted by Crippen LogP contribution is -2.38. The smallest absolute Gasteiger partial charge is 0.315 e. The monoisotopic (exact) mass is 250 g/mol. The number of carboxylic acid groups (broad SMARTS) is 1. The minimum absolute atomic E-state index is 0.120. The SMILES string of the molecule is Cc1ccccc1CNC(=O)NCC(C)C(=O)O. The normalized spacial score (nSPS) is 11.7. The van der Waals surface area contributed by atoms with Crippen molar-refractivity contribution >= 4 is 12.0 Å². The van der Waals surface area contributed by atoms with Crippen LogP contribution in [0.25, 0.3) is 0 Å². The third-order valence-corrected chi connectivity index (χ3v) is 2.69. The van der Waals surface area contributed by atoms with Gasteiger partial charge in [0.1, 0.15) is 0 Å². The zero-order valence-electron chi connectivity index (χ0n) is 10.6. The van der Waals surface area contributed by atoms with Crippen LogP contribution in [0.3, 0.4) is 0 Å². The van der Waals surface area contributed by atoms with E-state index in [1.165, 1.54) is 0 Å². The quantitative estimate of drug-likeness (QED) is 0.741. The molecule has 0 bridgehead atoms. The second-order valence-electron chi connectivity index (χ2n) is 4.23. The summed E-state index contributed by atoms with van der Waals surface area (Å²) >= 11 is 0. The Morgan fingerprint density at radius 2 is 1.94 bits per heavy atom. The number of nitrogens with one attached hydrogen (secondary N) is 2. The number of carboxylic acids is 1. The van der Waals surface area contributed by atoms with Crippen molar-refractivity contribution in [1.29, 1.82) is 0 Å². The van der Waals surface area contributed by atoms with Crippen LogP contribution in [0.2, 0.25) is 0 Å². The molecule has 2 amide bonds. The van der Waals surface area contributed by atoms with E-state index >= 15 is 0 Å². The molecule has 0 aromatic heterocycles. The third-order valence-electron chi connectivity index (χ3n) is 2.69. The molecule has 1 aromatic carbocycles. The molecule has 0 aliphatic rings. The first-order chi connectivity index (χ1) is 8.50. The van der Waals surface area contributed by atoms with E-state index in [9.17, 15) is 9.59 Å². The maximum Gasteiger partial charge on any atom is 0.315 e. The van der Waals surface area contributed by atoms with Gasteiger partial charge in [-0.2, -0.15) is 0 Å². The Bertz CT molecular complexity index is 432. The molecular formula is C13H18N2O3. The summed E-state index contributed by atoms with van der Waals surface area (Å²) in [6.45, 7) is 4.07. The molecule has 0 aliphatic carbocycles. The van der Waals surface area contributed by atoms with Gasteiger partial charge in [0.15, 0.2) is 0 Å². The molecule has 0 aliphatic heterocycles. The lowest BCUT2D eigenvalue weighted by Gasteiger charge is -2.11. The van der Waals surface area contributed by atoms with Crippen molar-refractivity contribution in [3.8, 4) is 0 Å². The lowest BCUT2D eigenvalue weighted by molar-refractivity contribution is -0.140. The number of aryl methyl sites for hydroxylation is 1. The van der Waals surface area contributed by atoms with Crippen molar-refractivity contribution in [3.05, 3.63) is 35.4 Å². The number of rotatable bonds is 5. The van der Waals surface area contributed by atoms with E-state index in [0.29, 0.717) is 6.54 Å². The second-order valence-corrected chi connectivity index (χ2v) is 4.23. The fourth-order valence-electron chi connectivity index (χ4n) is 1.38. The molecule has 0 saturated carbocycles. The van der Waals surface area contributed by atoms with E-state index in [2.05, 4.69) is 10.6 Å². The van der Waals surface area contributed by atoms with Crippen LogP contribution in [-0.2, 0) is 11.3 Å². The first-order valence-corrected chi connectivity index (χ1v) is 5.79. The molecule has 5 heteroatoms. The Morgan fingerprint density at radius 1 is 1.28 bits per heavy atom. The Balaban J connectivity index is 2.34. The zero-order chi connectivity index (χ0) is 13.5. The fourth-order valence-corrected chi connectivity index (χ4v) is 1.38. The minimum atomic E-state index is -0.922. The first kappa shape index (κ1) is 14.0. The van der Waals surface area contributed by atoms with E-state index in [-0.39, 0.29) is 12.6 Å². The summed E-state index contributed by atoms with van der Waals surface area (Å²) in [6, 6.07) is 7.41.